The van der Waals surface area contributed by atoms with E-state index in [4.69, 9.17) is 21.1 Å². The molecule has 1 aliphatic rings. The molecule has 2 aromatic rings. The van der Waals surface area contributed by atoms with Gasteiger partial charge in [0.1, 0.15) is 5.75 Å². The standard InChI is InChI=1S/C20H16ClNO4/c1-2-5-18(23)25-14-10-8-13(9-11-14)12-17-20(24)26-19(22-17)15-6-3-4-7-16(15)21/h3-4,6-12H,2,5H2,1H3/b17-12-. The molecule has 2 aromatic carbocycles. The van der Waals surface area contributed by atoms with E-state index >= 15 is 0 Å². The molecule has 1 heterocycles. The van der Waals surface area contributed by atoms with E-state index in [1.165, 1.54) is 0 Å². The minimum Gasteiger partial charge on any atom is -0.427 e. The fourth-order valence-corrected chi connectivity index (χ4v) is 2.55. The van der Waals surface area contributed by atoms with Crippen LogP contribution in [0.4, 0.5) is 0 Å². The first kappa shape index (κ1) is 17.9. The van der Waals surface area contributed by atoms with Gasteiger partial charge in [-0.05, 0) is 42.3 Å². The van der Waals surface area contributed by atoms with Gasteiger partial charge in [-0.1, -0.05) is 42.8 Å². The predicted octanol–water partition coefficient (Wildman–Crippen LogP) is 4.39. The third kappa shape index (κ3) is 4.18. The summed E-state index contributed by atoms with van der Waals surface area (Å²) in [5.41, 5.74) is 1.47. The molecule has 1 aliphatic heterocycles. The van der Waals surface area contributed by atoms with Gasteiger partial charge >= 0.3 is 11.9 Å². The van der Waals surface area contributed by atoms with E-state index < -0.39 is 5.97 Å². The van der Waals surface area contributed by atoms with Crippen molar-refractivity contribution in [3.05, 3.63) is 70.4 Å². The third-order valence-electron chi connectivity index (χ3n) is 3.59. The van der Waals surface area contributed by atoms with Gasteiger partial charge in [-0.2, -0.15) is 0 Å². The number of halogens is 1. The lowest BCUT2D eigenvalue weighted by Crippen LogP contribution is -2.06. The molecule has 6 heteroatoms. The lowest BCUT2D eigenvalue weighted by Gasteiger charge is -2.03. The van der Waals surface area contributed by atoms with Crippen LogP contribution in [0.2, 0.25) is 5.02 Å². The highest BCUT2D eigenvalue weighted by atomic mass is 35.5. The Bertz CT molecular complexity index is 900. The number of carbonyl (C=O) groups is 2. The van der Waals surface area contributed by atoms with Crippen molar-refractivity contribution in [3.63, 3.8) is 0 Å². The van der Waals surface area contributed by atoms with Gasteiger partial charge in [0.05, 0.1) is 10.6 Å². The number of nitrogens with zero attached hydrogens (tertiary/aromatic N) is 1. The summed E-state index contributed by atoms with van der Waals surface area (Å²) in [7, 11) is 0. The van der Waals surface area contributed by atoms with E-state index in [1.54, 1.807) is 54.6 Å². The van der Waals surface area contributed by atoms with Crippen LogP contribution in [0.15, 0.2) is 59.2 Å². The molecule has 0 N–H and O–H groups in total. The molecule has 0 fully saturated rings. The van der Waals surface area contributed by atoms with Crippen molar-refractivity contribution in [2.24, 2.45) is 4.99 Å². The van der Waals surface area contributed by atoms with Gasteiger partial charge < -0.3 is 9.47 Å². The molecule has 0 amide bonds. The topological polar surface area (TPSA) is 65.0 Å². The summed E-state index contributed by atoms with van der Waals surface area (Å²) < 4.78 is 10.4. The van der Waals surface area contributed by atoms with E-state index in [2.05, 4.69) is 4.99 Å². The number of rotatable bonds is 5. The maximum atomic E-state index is 12.0. The zero-order chi connectivity index (χ0) is 18.5. The Labute approximate surface area is 155 Å². The van der Waals surface area contributed by atoms with Crippen LogP contribution in [-0.2, 0) is 14.3 Å². The van der Waals surface area contributed by atoms with Crippen molar-refractivity contribution in [1.82, 2.24) is 0 Å². The summed E-state index contributed by atoms with van der Waals surface area (Å²) in [6, 6.07) is 13.8. The van der Waals surface area contributed by atoms with Crippen LogP contribution in [0, 0.1) is 0 Å². The number of aliphatic imine (C=N–C) groups is 1. The van der Waals surface area contributed by atoms with Gasteiger partial charge in [-0.25, -0.2) is 9.79 Å². The average Bonchev–Trinajstić information content (AvgIpc) is 2.98. The Morgan fingerprint density at radius 3 is 2.62 bits per heavy atom. The predicted molar refractivity (Wildman–Crippen MR) is 99.0 cm³/mol. The number of ether oxygens (including phenoxy) is 2. The summed E-state index contributed by atoms with van der Waals surface area (Å²) in [6.45, 7) is 1.91. The van der Waals surface area contributed by atoms with E-state index in [-0.39, 0.29) is 17.6 Å². The van der Waals surface area contributed by atoms with Crippen molar-refractivity contribution < 1.29 is 19.1 Å². The number of hydrogen-bond acceptors (Lipinski definition) is 5. The fourth-order valence-electron chi connectivity index (χ4n) is 2.34. The molecular weight excluding hydrogens is 354 g/mol. The van der Waals surface area contributed by atoms with Crippen molar-refractivity contribution in [3.8, 4) is 5.75 Å². The largest absolute Gasteiger partial charge is 0.427 e. The second-order valence-electron chi connectivity index (χ2n) is 5.61. The molecule has 0 atom stereocenters. The molecule has 0 aromatic heterocycles. The molecule has 0 saturated heterocycles. The second-order valence-corrected chi connectivity index (χ2v) is 6.02. The smallest absolute Gasteiger partial charge is 0.363 e. The van der Waals surface area contributed by atoms with Crippen molar-refractivity contribution in [2.75, 3.05) is 0 Å². The Morgan fingerprint density at radius 2 is 1.92 bits per heavy atom. The van der Waals surface area contributed by atoms with E-state index in [1.807, 2.05) is 6.92 Å². The van der Waals surface area contributed by atoms with E-state index in [0.717, 1.165) is 12.0 Å². The van der Waals surface area contributed by atoms with E-state index in [0.29, 0.717) is 22.8 Å². The van der Waals surface area contributed by atoms with Crippen LogP contribution in [-0.4, -0.2) is 17.8 Å². The van der Waals surface area contributed by atoms with Gasteiger partial charge in [0, 0.05) is 6.42 Å². The minimum absolute atomic E-state index is 0.177. The fraction of sp³-hybridized carbons (Fsp3) is 0.150. The SMILES string of the molecule is CCCC(=O)Oc1ccc(/C=C2\N=C(c3ccccc3Cl)OC2=O)cc1. The van der Waals surface area contributed by atoms with Crippen LogP contribution in [0.1, 0.15) is 30.9 Å². The molecule has 5 nitrogen and oxygen atoms in total. The molecule has 0 radical (unpaired) electrons. The third-order valence-corrected chi connectivity index (χ3v) is 3.92. The molecule has 0 aliphatic carbocycles. The molecular formula is C20H16ClNO4. The number of esters is 2. The van der Waals surface area contributed by atoms with Crippen LogP contribution in [0.5, 0.6) is 5.75 Å². The van der Waals surface area contributed by atoms with Gasteiger partial charge in [0.2, 0.25) is 5.90 Å². The van der Waals surface area contributed by atoms with Crippen LogP contribution in [0.25, 0.3) is 6.08 Å². The molecule has 26 heavy (non-hydrogen) atoms. The van der Waals surface area contributed by atoms with E-state index in [9.17, 15) is 9.59 Å². The molecule has 0 saturated carbocycles. The minimum atomic E-state index is -0.543. The first-order chi connectivity index (χ1) is 12.6. The normalized spacial score (nSPS) is 14.9. The highest BCUT2D eigenvalue weighted by Gasteiger charge is 2.25. The summed E-state index contributed by atoms with van der Waals surface area (Å²) in [5.74, 6) is -0.179. The first-order valence-electron chi connectivity index (χ1n) is 8.15. The second kappa shape index (κ2) is 7.97. The van der Waals surface area contributed by atoms with Crippen LogP contribution < -0.4 is 4.74 Å². The maximum absolute atomic E-state index is 12.0. The Balaban J connectivity index is 1.78. The zero-order valence-corrected chi connectivity index (χ0v) is 14.8. The number of hydrogen-bond donors (Lipinski definition) is 0. The Kier molecular flexibility index (Phi) is 5.49. The van der Waals surface area contributed by atoms with Crippen LogP contribution in [0.3, 0.4) is 0 Å². The number of cyclic esters (lactones) is 1. The quantitative estimate of drug-likeness (QED) is 0.445. The van der Waals surface area contributed by atoms with Gasteiger partial charge in [-0.3, -0.25) is 4.79 Å². The first-order valence-corrected chi connectivity index (χ1v) is 8.53. The zero-order valence-electron chi connectivity index (χ0n) is 14.1. The van der Waals surface area contributed by atoms with Gasteiger partial charge in [0.25, 0.3) is 0 Å². The summed E-state index contributed by atoms with van der Waals surface area (Å²) in [4.78, 5) is 27.8. The number of carbonyl (C=O) groups excluding carboxylic acids is 2. The molecule has 132 valence electrons. The van der Waals surface area contributed by atoms with Crippen molar-refractivity contribution in [1.29, 1.82) is 0 Å². The van der Waals surface area contributed by atoms with Crippen LogP contribution >= 0.6 is 11.6 Å². The highest BCUT2D eigenvalue weighted by molar-refractivity contribution is 6.34. The lowest BCUT2D eigenvalue weighted by molar-refractivity contribution is -0.134. The summed E-state index contributed by atoms with van der Waals surface area (Å²) in [6.07, 6.45) is 2.71. The number of benzene rings is 2. The monoisotopic (exact) mass is 369 g/mol. The summed E-state index contributed by atoms with van der Waals surface area (Å²) in [5, 5.41) is 0.457. The van der Waals surface area contributed by atoms with Gasteiger partial charge in [0.15, 0.2) is 5.70 Å². The maximum Gasteiger partial charge on any atom is 0.363 e. The highest BCUT2D eigenvalue weighted by Crippen LogP contribution is 2.24. The van der Waals surface area contributed by atoms with Gasteiger partial charge in [-0.15, -0.1) is 0 Å². The lowest BCUT2D eigenvalue weighted by atomic mass is 10.2. The molecule has 0 unspecified atom stereocenters. The average molecular weight is 370 g/mol. The van der Waals surface area contributed by atoms with Crippen molar-refractivity contribution >= 4 is 35.5 Å². The Morgan fingerprint density at radius 1 is 1.19 bits per heavy atom. The summed E-state index contributed by atoms with van der Waals surface area (Å²) >= 11 is 6.11. The molecule has 0 bridgehead atoms. The van der Waals surface area contributed by atoms with Crippen molar-refractivity contribution in [2.45, 2.75) is 19.8 Å². The Hall–Kier alpha value is -2.92. The molecule has 0 spiro atoms. The molecule has 3 rings (SSSR count).